The summed E-state index contributed by atoms with van der Waals surface area (Å²) in [5, 5.41) is 0. The van der Waals surface area contributed by atoms with Gasteiger partial charge in [0.15, 0.2) is 0 Å². The minimum atomic E-state index is -0.750. The topological polar surface area (TPSA) is 60.2 Å². The molecular formula is C8H11NO2S. The van der Waals surface area contributed by atoms with Gasteiger partial charge in [-0.3, -0.25) is 0 Å². The van der Waals surface area contributed by atoms with Crippen molar-refractivity contribution in [2.75, 3.05) is 0 Å². The maximum absolute atomic E-state index is 8.29. The van der Waals surface area contributed by atoms with Crippen LogP contribution in [0.1, 0.15) is 11.1 Å². The molecule has 0 spiro atoms. The molecule has 0 radical (unpaired) electrons. The highest BCUT2D eigenvalue weighted by molar-refractivity contribution is 7.51. The smallest absolute Gasteiger partial charge is 0.326 e. The highest BCUT2D eigenvalue weighted by Crippen LogP contribution is 2.01. The summed E-state index contributed by atoms with van der Waals surface area (Å²) in [6, 6.07) is 8.23. The number of hydrogen-bond acceptors (Lipinski definition) is 3. The Morgan fingerprint density at radius 2 is 2.00 bits per heavy atom. The van der Waals surface area contributed by atoms with Gasteiger partial charge in [-0.15, -0.1) is 0 Å². The third kappa shape index (κ3) is 4.76. The first-order valence-electron chi connectivity index (χ1n) is 3.42. The molecule has 1 aromatic rings. The van der Waals surface area contributed by atoms with E-state index in [0.29, 0.717) is 6.54 Å². The Labute approximate surface area is 75.2 Å². The van der Waals surface area contributed by atoms with Crippen LogP contribution in [0, 0.1) is 6.92 Å². The SMILES string of the molecule is Cc1cccc(CN)c1.O=S=O. The van der Waals surface area contributed by atoms with Crippen LogP contribution in [0.4, 0.5) is 0 Å². The predicted molar refractivity (Wildman–Crippen MR) is 48.0 cm³/mol. The van der Waals surface area contributed by atoms with Crippen LogP contribution in [0.5, 0.6) is 0 Å². The molecule has 1 aromatic carbocycles. The third-order valence-corrected chi connectivity index (χ3v) is 1.32. The molecule has 0 fully saturated rings. The van der Waals surface area contributed by atoms with E-state index >= 15 is 0 Å². The number of rotatable bonds is 1. The van der Waals surface area contributed by atoms with Crippen LogP contribution in [-0.4, -0.2) is 8.42 Å². The monoisotopic (exact) mass is 185 g/mol. The van der Waals surface area contributed by atoms with Gasteiger partial charge < -0.3 is 5.73 Å². The lowest BCUT2D eigenvalue weighted by Gasteiger charge is -1.95. The Hall–Kier alpha value is -1.00. The van der Waals surface area contributed by atoms with Gasteiger partial charge in [-0.2, -0.15) is 8.42 Å². The molecule has 0 unspecified atom stereocenters. The second kappa shape index (κ2) is 6.69. The lowest BCUT2D eigenvalue weighted by Crippen LogP contribution is -1.95. The highest BCUT2D eigenvalue weighted by atomic mass is 32.1. The van der Waals surface area contributed by atoms with E-state index in [2.05, 4.69) is 19.1 Å². The molecule has 0 aliphatic carbocycles. The second-order valence-corrected chi connectivity index (χ2v) is 2.40. The molecular weight excluding hydrogens is 174 g/mol. The van der Waals surface area contributed by atoms with E-state index in [-0.39, 0.29) is 0 Å². The zero-order valence-electron chi connectivity index (χ0n) is 6.82. The second-order valence-electron chi connectivity index (χ2n) is 2.26. The summed E-state index contributed by atoms with van der Waals surface area (Å²) in [5.41, 5.74) is 7.90. The van der Waals surface area contributed by atoms with E-state index in [1.165, 1.54) is 11.1 Å². The summed E-state index contributed by atoms with van der Waals surface area (Å²) in [7, 11) is 0. The molecule has 0 aliphatic rings. The fourth-order valence-electron chi connectivity index (χ4n) is 0.839. The number of benzene rings is 1. The molecule has 0 saturated carbocycles. The quantitative estimate of drug-likeness (QED) is 0.703. The minimum Gasteiger partial charge on any atom is -0.326 e. The zero-order valence-corrected chi connectivity index (χ0v) is 7.64. The maximum atomic E-state index is 8.29. The van der Waals surface area contributed by atoms with Crippen molar-refractivity contribution in [2.24, 2.45) is 5.73 Å². The van der Waals surface area contributed by atoms with Crippen molar-refractivity contribution in [3.05, 3.63) is 35.4 Å². The summed E-state index contributed by atoms with van der Waals surface area (Å²) in [5.74, 6) is 0. The van der Waals surface area contributed by atoms with Gasteiger partial charge in [0.2, 0.25) is 0 Å². The van der Waals surface area contributed by atoms with E-state index in [9.17, 15) is 0 Å². The van der Waals surface area contributed by atoms with Crippen LogP contribution in [-0.2, 0) is 18.1 Å². The summed E-state index contributed by atoms with van der Waals surface area (Å²) >= 11 is -0.750. The molecule has 4 heteroatoms. The fourth-order valence-corrected chi connectivity index (χ4v) is 0.839. The normalized spacial score (nSPS) is 8.17. The van der Waals surface area contributed by atoms with Gasteiger partial charge in [-0.1, -0.05) is 29.8 Å². The Bertz CT molecular complexity index is 270. The van der Waals surface area contributed by atoms with Gasteiger partial charge in [-0.05, 0) is 12.5 Å². The molecule has 12 heavy (non-hydrogen) atoms. The largest absolute Gasteiger partial charge is 0.335 e. The molecule has 3 nitrogen and oxygen atoms in total. The van der Waals surface area contributed by atoms with Crippen LogP contribution in [0.2, 0.25) is 0 Å². The average Bonchev–Trinajstić information content (AvgIpc) is 2.06. The van der Waals surface area contributed by atoms with Gasteiger partial charge in [0.25, 0.3) is 0 Å². The Morgan fingerprint density at radius 3 is 2.33 bits per heavy atom. The first kappa shape index (κ1) is 11.0. The van der Waals surface area contributed by atoms with Crippen LogP contribution in [0.25, 0.3) is 0 Å². The van der Waals surface area contributed by atoms with Gasteiger partial charge in [0.05, 0.1) is 0 Å². The van der Waals surface area contributed by atoms with Crippen LogP contribution >= 0.6 is 0 Å². The summed E-state index contributed by atoms with van der Waals surface area (Å²) in [6.07, 6.45) is 0. The molecule has 0 aliphatic heterocycles. The van der Waals surface area contributed by atoms with Gasteiger partial charge in [-0.25, -0.2) is 0 Å². The van der Waals surface area contributed by atoms with Crippen molar-refractivity contribution in [3.63, 3.8) is 0 Å². The number of hydrogen-bond donors (Lipinski definition) is 1. The van der Waals surface area contributed by atoms with Crippen molar-refractivity contribution >= 4 is 11.6 Å². The van der Waals surface area contributed by atoms with Gasteiger partial charge in [0.1, 0.15) is 0 Å². The molecule has 1 rings (SSSR count). The molecule has 0 bridgehead atoms. The molecule has 0 amide bonds. The third-order valence-electron chi connectivity index (χ3n) is 1.32. The zero-order chi connectivity index (χ0) is 9.40. The maximum Gasteiger partial charge on any atom is 0.335 e. The fraction of sp³-hybridized carbons (Fsp3) is 0.250. The predicted octanol–water partition coefficient (Wildman–Crippen LogP) is 0.784. The Balaban J connectivity index is 0.000000354. The van der Waals surface area contributed by atoms with Crippen LogP contribution in [0.3, 0.4) is 0 Å². The Morgan fingerprint density at radius 1 is 1.42 bits per heavy atom. The van der Waals surface area contributed by atoms with Crippen molar-refractivity contribution in [2.45, 2.75) is 13.5 Å². The lowest BCUT2D eigenvalue weighted by atomic mass is 10.1. The summed E-state index contributed by atoms with van der Waals surface area (Å²) < 4.78 is 16.6. The Kier molecular flexibility index (Phi) is 6.14. The molecule has 66 valence electrons. The van der Waals surface area contributed by atoms with E-state index < -0.39 is 11.6 Å². The summed E-state index contributed by atoms with van der Waals surface area (Å²) in [6.45, 7) is 2.71. The van der Waals surface area contributed by atoms with E-state index in [1.54, 1.807) is 0 Å². The average molecular weight is 185 g/mol. The lowest BCUT2D eigenvalue weighted by molar-refractivity contribution is 0.630. The standard InChI is InChI=1S/C8H11N.O2S/c1-7-3-2-4-8(5-7)6-9;1-3-2/h2-5H,6,9H2,1H3;. The highest BCUT2D eigenvalue weighted by Gasteiger charge is 1.85. The van der Waals surface area contributed by atoms with Crippen LogP contribution in [0.15, 0.2) is 24.3 Å². The van der Waals surface area contributed by atoms with Crippen molar-refractivity contribution in [1.29, 1.82) is 0 Å². The first-order valence-corrected chi connectivity index (χ1v) is 4.08. The van der Waals surface area contributed by atoms with E-state index in [1.807, 2.05) is 12.1 Å². The number of nitrogens with two attached hydrogens (primary N) is 1. The van der Waals surface area contributed by atoms with Gasteiger partial charge >= 0.3 is 11.6 Å². The van der Waals surface area contributed by atoms with Crippen molar-refractivity contribution in [1.82, 2.24) is 0 Å². The minimum absolute atomic E-state index is 0.641. The molecule has 2 N–H and O–H groups in total. The molecule has 0 aromatic heterocycles. The number of aryl methyl sites for hydroxylation is 1. The van der Waals surface area contributed by atoms with Crippen molar-refractivity contribution in [3.8, 4) is 0 Å². The van der Waals surface area contributed by atoms with Gasteiger partial charge in [0, 0.05) is 6.54 Å². The summed E-state index contributed by atoms with van der Waals surface area (Å²) in [4.78, 5) is 0. The first-order chi connectivity index (χ1) is 5.74. The van der Waals surface area contributed by atoms with E-state index in [0.717, 1.165) is 0 Å². The molecule has 0 saturated heterocycles. The van der Waals surface area contributed by atoms with Crippen molar-refractivity contribution < 1.29 is 8.42 Å². The molecule has 0 heterocycles. The van der Waals surface area contributed by atoms with E-state index in [4.69, 9.17) is 14.2 Å². The molecule has 0 atom stereocenters. The van der Waals surface area contributed by atoms with Crippen LogP contribution < -0.4 is 5.73 Å².